The molecule has 1 amide bonds. The van der Waals surface area contributed by atoms with E-state index in [2.05, 4.69) is 5.32 Å². The summed E-state index contributed by atoms with van der Waals surface area (Å²) in [5.74, 6) is 0.810. The molecular formula is C32H28N2O4S. The van der Waals surface area contributed by atoms with Crippen LogP contribution < -0.4 is 14.4 Å². The van der Waals surface area contributed by atoms with Gasteiger partial charge < -0.3 is 10.1 Å². The number of aryl methyl sites for hydroxylation is 1. The lowest BCUT2D eigenvalue weighted by Crippen LogP contribution is -2.40. The second-order valence-electron chi connectivity index (χ2n) is 9.19. The maximum Gasteiger partial charge on any atom is 0.264 e. The summed E-state index contributed by atoms with van der Waals surface area (Å²) in [7, 11) is -4.02. The van der Waals surface area contributed by atoms with Crippen LogP contribution in [0.15, 0.2) is 126 Å². The molecule has 0 aromatic heterocycles. The van der Waals surface area contributed by atoms with E-state index in [1.54, 1.807) is 48.5 Å². The van der Waals surface area contributed by atoms with Crippen molar-refractivity contribution in [1.29, 1.82) is 0 Å². The maximum atomic E-state index is 13.7. The molecule has 0 bridgehead atoms. The lowest BCUT2D eigenvalue weighted by Gasteiger charge is -2.24. The van der Waals surface area contributed by atoms with E-state index in [-0.39, 0.29) is 18.0 Å². The minimum Gasteiger partial charge on any atom is -0.457 e. The molecule has 5 aromatic carbocycles. The minimum absolute atomic E-state index is 0.111. The van der Waals surface area contributed by atoms with Crippen molar-refractivity contribution in [2.45, 2.75) is 18.4 Å². The van der Waals surface area contributed by atoms with Crippen LogP contribution in [0.3, 0.4) is 0 Å². The van der Waals surface area contributed by atoms with Crippen LogP contribution in [-0.4, -0.2) is 20.9 Å². The SMILES string of the molecule is Cc1ccc(S(=O)(=O)N(CC(=O)NCc2ccc3ccccc3c2)c2ccc(Oc3ccccc3)cc2)cc1. The molecule has 0 unspecified atom stereocenters. The van der Waals surface area contributed by atoms with Crippen molar-refractivity contribution in [3.63, 3.8) is 0 Å². The largest absolute Gasteiger partial charge is 0.457 e. The molecule has 0 aliphatic rings. The normalized spacial score (nSPS) is 11.2. The molecule has 196 valence electrons. The van der Waals surface area contributed by atoms with Crippen LogP contribution in [0.5, 0.6) is 11.5 Å². The summed E-state index contributed by atoms with van der Waals surface area (Å²) in [6.45, 7) is 1.80. The molecule has 0 fully saturated rings. The highest BCUT2D eigenvalue weighted by molar-refractivity contribution is 7.92. The van der Waals surface area contributed by atoms with Gasteiger partial charge in [-0.15, -0.1) is 0 Å². The van der Waals surface area contributed by atoms with Gasteiger partial charge in [0.1, 0.15) is 18.0 Å². The third-order valence-electron chi connectivity index (χ3n) is 6.30. The van der Waals surface area contributed by atoms with Gasteiger partial charge in [-0.25, -0.2) is 8.42 Å². The van der Waals surface area contributed by atoms with Crippen LogP contribution in [0.25, 0.3) is 10.8 Å². The average molecular weight is 537 g/mol. The van der Waals surface area contributed by atoms with Crippen molar-refractivity contribution in [2.24, 2.45) is 0 Å². The van der Waals surface area contributed by atoms with E-state index in [9.17, 15) is 13.2 Å². The number of sulfonamides is 1. The summed E-state index contributed by atoms with van der Waals surface area (Å²) >= 11 is 0. The average Bonchev–Trinajstić information content (AvgIpc) is 2.96. The topological polar surface area (TPSA) is 75.7 Å². The zero-order chi connectivity index (χ0) is 27.2. The first kappa shape index (κ1) is 26.0. The zero-order valence-electron chi connectivity index (χ0n) is 21.4. The number of para-hydroxylation sites is 1. The molecule has 5 aromatic rings. The van der Waals surface area contributed by atoms with Crippen molar-refractivity contribution in [3.8, 4) is 11.5 Å². The Morgan fingerprint density at radius 3 is 2.10 bits per heavy atom. The number of ether oxygens (including phenoxy) is 1. The standard InChI is InChI=1S/C32H28N2O4S/c1-24-11-19-31(20-12-24)39(36,37)34(28-15-17-30(18-16-28)38-29-9-3-2-4-10-29)23-32(35)33-22-25-13-14-26-7-5-6-8-27(26)21-25/h2-21H,22-23H2,1H3,(H,33,35). The quantitative estimate of drug-likeness (QED) is 0.235. The molecular weight excluding hydrogens is 508 g/mol. The number of nitrogens with one attached hydrogen (secondary N) is 1. The fourth-order valence-corrected chi connectivity index (χ4v) is 5.61. The number of carbonyl (C=O) groups is 1. The Labute approximate surface area is 228 Å². The molecule has 0 atom stereocenters. The summed E-state index contributed by atoms with van der Waals surface area (Å²) < 4.78 is 34.4. The summed E-state index contributed by atoms with van der Waals surface area (Å²) in [6, 6.07) is 36.5. The Morgan fingerprint density at radius 1 is 0.744 bits per heavy atom. The summed E-state index contributed by atoms with van der Waals surface area (Å²) in [6.07, 6.45) is 0. The van der Waals surface area contributed by atoms with E-state index >= 15 is 0 Å². The molecule has 0 aliphatic carbocycles. The zero-order valence-corrected chi connectivity index (χ0v) is 22.3. The third-order valence-corrected chi connectivity index (χ3v) is 8.09. The van der Waals surface area contributed by atoms with Crippen molar-refractivity contribution in [3.05, 3.63) is 132 Å². The molecule has 0 radical (unpaired) electrons. The van der Waals surface area contributed by atoms with Crippen molar-refractivity contribution < 1.29 is 17.9 Å². The monoisotopic (exact) mass is 536 g/mol. The van der Waals surface area contributed by atoms with Gasteiger partial charge in [-0.3, -0.25) is 9.10 Å². The molecule has 1 N–H and O–H groups in total. The van der Waals surface area contributed by atoms with Gasteiger partial charge in [0.15, 0.2) is 0 Å². The predicted molar refractivity (Wildman–Crippen MR) is 154 cm³/mol. The molecule has 6 nitrogen and oxygen atoms in total. The van der Waals surface area contributed by atoms with E-state index in [4.69, 9.17) is 4.74 Å². The fourth-order valence-electron chi connectivity index (χ4n) is 4.19. The number of nitrogens with zero attached hydrogens (tertiary/aromatic N) is 1. The van der Waals surface area contributed by atoms with E-state index in [0.717, 1.165) is 26.2 Å². The molecule has 0 spiro atoms. The maximum absolute atomic E-state index is 13.7. The predicted octanol–water partition coefficient (Wildman–Crippen LogP) is 6.45. The van der Waals surface area contributed by atoms with Crippen molar-refractivity contribution in [1.82, 2.24) is 5.32 Å². The Balaban J connectivity index is 1.37. The number of rotatable bonds is 9. The van der Waals surface area contributed by atoms with Gasteiger partial charge in [0, 0.05) is 6.54 Å². The first-order valence-corrected chi connectivity index (χ1v) is 14.0. The molecule has 39 heavy (non-hydrogen) atoms. The van der Waals surface area contributed by atoms with Gasteiger partial charge in [-0.2, -0.15) is 0 Å². The van der Waals surface area contributed by atoms with Crippen LogP contribution in [0.4, 0.5) is 5.69 Å². The lowest BCUT2D eigenvalue weighted by atomic mass is 10.1. The number of carbonyl (C=O) groups excluding carboxylic acids is 1. The molecule has 0 aliphatic heterocycles. The summed E-state index contributed by atoms with van der Waals surface area (Å²) in [5, 5.41) is 5.06. The third kappa shape index (κ3) is 6.27. The van der Waals surface area contributed by atoms with Gasteiger partial charge in [0.05, 0.1) is 10.6 Å². The number of hydrogen-bond acceptors (Lipinski definition) is 4. The van der Waals surface area contributed by atoms with E-state index in [1.807, 2.05) is 79.7 Å². The van der Waals surface area contributed by atoms with Gasteiger partial charge in [-0.05, 0) is 77.9 Å². The van der Waals surface area contributed by atoms with Crippen molar-refractivity contribution >= 4 is 32.4 Å². The fraction of sp³-hybridized carbons (Fsp3) is 0.0938. The smallest absolute Gasteiger partial charge is 0.264 e. The first-order valence-electron chi connectivity index (χ1n) is 12.6. The first-order chi connectivity index (χ1) is 18.9. The second kappa shape index (κ2) is 11.4. The number of benzene rings is 5. The van der Waals surface area contributed by atoms with Crippen LogP contribution >= 0.6 is 0 Å². The molecule has 7 heteroatoms. The van der Waals surface area contributed by atoms with Crippen molar-refractivity contribution in [2.75, 3.05) is 10.8 Å². The van der Waals surface area contributed by atoms with Gasteiger partial charge in [0.25, 0.3) is 10.0 Å². The number of anilines is 1. The Kier molecular flexibility index (Phi) is 7.61. The number of amides is 1. The summed E-state index contributed by atoms with van der Waals surface area (Å²) in [4.78, 5) is 13.2. The minimum atomic E-state index is -4.02. The molecule has 0 saturated carbocycles. The molecule has 0 saturated heterocycles. The summed E-state index contributed by atoms with van der Waals surface area (Å²) in [5.41, 5.74) is 2.23. The van der Waals surface area contributed by atoms with E-state index in [1.165, 1.54) is 0 Å². The highest BCUT2D eigenvalue weighted by atomic mass is 32.2. The van der Waals surface area contributed by atoms with E-state index in [0.29, 0.717) is 17.2 Å². The van der Waals surface area contributed by atoms with Crippen LogP contribution in [0.1, 0.15) is 11.1 Å². The van der Waals surface area contributed by atoms with Gasteiger partial charge in [0.2, 0.25) is 5.91 Å². The Bertz CT molecular complexity index is 1680. The van der Waals surface area contributed by atoms with Crippen LogP contribution in [0, 0.1) is 6.92 Å². The lowest BCUT2D eigenvalue weighted by molar-refractivity contribution is -0.119. The van der Waals surface area contributed by atoms with Crippen LogP contribution in [-0.2, 0) is 21.4 Å². The second-order valence-corrected chi connectivity index (χ2v) is 11.1. The Hall–Kier alpha value is -4.62. The molecule has 5 rings (SSSR count). The Morgan fingerprint density at radius 2 is 1.38 bits per heavy atom. The number of fused-ring (bicyclic) bond motifs is 1. The van der Waals surface area contributed by atoms with Crippen LogP contribution in [0.2, 0.25) is 0 Å². The highest BCUT2D eigenvalue weighted by Crippen LogP contribution is 2.28. The van der Waals surface area contributed by atoms with E-state index < -0.39 is 15.9 Å². The van der Waals surface area contributed by atoms with Gasteiger partial charge >= 0.3 is 0 Å². The molecule has 0 heterocycles. The highest BCUT2D eigenvalue weighted by Gasteiger charge is 2.27. The number of hydrogen-bond donors (Lipinski definition) is 1. The van der Waals surface area contributed by atoms with Gasteiger partial charge in [-0.1, -0.05) is 72.3 Å².